The predicted octanol–water partition coefficient (Wildman–Crippen LogP) is 3.56. The molecule has 0 spiro atoms. The number of fused-ring (bicyclic) bond motifs is 6. The van der Waals surface area contributed by atoms with E-state index in [-0.39, 0.29) is 43.8 Å². The lowest BCUT2D eigenvalue weighted by Crippen LogP contribution is -2.46. The topological polar surface area (TPSA) is 139 Å². The number of ether oxygens (including phenoxy) is 3. The Morgan fingerprint density at radius 1 is 0.962 bits per heavy atom. The second-order valence-electron chi connectivity index (χ2n) is 14.0. The van der Waals surface area contributed by atoms with Gasteiger partial charge in [0.25, 0.3) is 10.2 Å². The molecule has 1 atom stereocenters. The van der Waals surface area contributed by atoms with Crippen molar-refractivity contribution in [2.24, 2.45) is 13.0 Å². The Morgan fingerprint density at radius 2 is 1.72 bits per heavy atom. The molecule has 4 aromatic rings. The molecule has 2 aliphatic heterocycles. The first-order chi connectivity index (χ1) is 25.4. The molecule has 1 fully saturated rings. The van der Waals surface area contributed by atoms with Gasteiger partial charge in [0.05, 0.1) is 39.8 Å². The van der Waals surface area contributed by atoms with Gasteiger partial charge in [-0.1, -0.05) is 18.2 Å². The highest BCUT2D eigenvalue weighted by Crippen LogP contribution is 2.44. The van der Waals surface area contributed by atoms with Gasteiger partial charge in [-0.2, -0.15) is 17.0 Å². The number of methoxy groups -OCH3 is 3. The Morgan fingerprint density at radius 3 is 2.45 bits per heavy atom. The van der Waals surface area contributed by atoms with Gasteiger partial charge in [0, 0.05) is 94.5 Å². The number of anilines is 1. The highest BCUT2D eigenvalue weighted by Gasteiger charge is 2.31. The Labute approximate surface area is 311 Å². The van der Waals surface area contributed by atoms with Crippen molar-refractivity contribution in [1.29, 1.82) is 0 Å². The van der Waals surface area contributed by atoms with Crippen LogP contribution in [0.5, 0.6) is 17.2 Å². The third-order valence-electron chi connectivity index (χ3n) is 10.3. The lowest BCUT2D eigenvalue weighted by atomic mass is 9.97. The number of carbonyl (C=O) groups excluding carboxylic acids is 2. The molecule has 6 rings (SSSR count). The van der Waals surface area contributed by atoms with Crippen molar-refractivity contribution in [2.45, 2.75) is 38.6 Å². The average Bonchev–Trinajstić information content (AvgIpc) is 3.47. The number of rotatable bonds is 7. The van der Waals surface area contributed by atoms with Crippen molar-refractivity contribution < 1.29 is 32.2 Å². The van der Waals surface area contributed by atoms with Crippen molar-refractivity contribution in [3.8, 4) is 17.2 Å². The maximum Gasteiger partial charge on any atom is 0.281 e. The van der Waals surface area contributed by atoms with Crippen LogP contribution < -0.4 is 24.4 Å². The van der Waals surface area contributed by atoms with Gasteiger partial charge in [-0.15, -0.1) is 0 Å². The summed E-state index contributed by atoms with van der Waals surface area (Å²) in [7, 11) is 5.78. The van der Waals surface area contributed by atoms with Crippen LogP contribution in [0.3, 0.4) is 0 Å². The van der Waals surface area contributed by atoms with E-state index in [1.165, 1.54) is 22.7 Å². The number of pyridine rings is 1. The molecule has 1 unspecified atom stereocenters. The van der Waals surface area contributed by atoms with Crippen LogP contribution in [0, 0.1) is 5.92 Å². The molecule has 14 nitrogen and oxygen atoms in total. The molecule has 1 N–H and O–H groups in total. The summed E-state index contributed by atoms with van der Waals surface area (Å²) in [6.45, 7) is 2.29. The smallest absolute Gasteiger partial charge is 0.281 e. The number of benzene rings is 2. The van der Waals surface area contributed by atoms with Gasteiger partial charge in [-0.3, -0.25) is 9.59 Å². The lowest BCUT2D eigenvalue weighted by Gasteiger charge is -2.36. The minimum Gasteiger partial charge on any atom is -0.493 e. The molecule has 2 bridgehead atoms. The highest BCUT2D eigenvalue weighted by atomic mass is 32.2. The van der Waals surface area contributed by atoms with E-state index in [1.54, 1.807) is 32.3 Å². The Kier molecular flexibility index (Phi) is 11.6. The molecule has 2 aliphatic rings. The Hall–Kier alpha value is -4.60. The molecule has 53 heavy (non-hydrogen) atoms. The number of amides is 2. The number of nitrogens with one attached hydrogen (secondary N) is 1. The molecule has 0 saturated carbocycles. The third-order valence-corrected chi connectivity index (χ3v) is 12.2. The fraction of sp³-hybridized carbons (Fsp3) is 0.500. The Balaban J connectivity index is 1.35. The van der Waals surface area contributed by atoms with Gasteiger partial charge in [0.2, 0.25) is 17.6 Å². The minimum atomic E-state index is -3.87. The number of aryl methyl sites for hydroxylation is 1. The van der Waals surface area contributed by atoms with Crippen LogP contribution in [-0.4, -0.2) is 118 Å². The number of piperidine rings is 1. The molecule has 2 amide bonds. The van der Waals surface area contributed by atoms with E-state index in [9.17, 15) is 18.0 Å². The van der Waals surface area contributed by atoms with Crippen molar-refractivity contribution >= 4 is 49.6 Å². The maximum absolute atomic E-state index is 13.9. The summed E-state index contributed by atoms with van der Waals surface area (Å²) in [5, 5.41) is 4.79. The van der Waals surface area contributed by atoms with E-state index in [4.69, 9.17) is 19.2 Å². The predicted molar refractivity (Wildman–Crippen MR) is 205 cm³/mol. The Bertz CT molecular complexity index is 2080. The van der Waals surface area contributed by atoms with Gasteiger partial charge >= 0.3 is 0 Å². The largest absolute Gasteiger partial charge is 0.493 e. The van der Waals surface area contributed by atoms with Gasteiger partial charge in [-0.25, -0.2) is 4.98 Å². The first-order valence-electron chi connectivity index (χ1n) is 18.1. The summed E-state index contributed by atoms with van der Waals surface area (Å²) in [5.74, 6) is 1.77. The van der Waals surface area contributed by atoms with Crippen molar-refractivity contribution in [1.82, 2.24) is 28.4 Å². The van der Waals surface area contributed by atoms with Crippen LogP contribution in [0.4, 0.5) is 5.82 Å². The van der Waals surface area contributed by atoms with E-state index in [1.807, 2.05) is 48.1 Å². The van der Waals surface area contributed by atoms with Gasteiger partial charge in [-0.05, 0) is 49.3 Å². The van der Waals surface area contributed by atoms with Crippen LogP contribution in [0.2, 0.25) is 0 Å². The third kappa shape index (κ3) is 8.02. The zero-order valence-electron chi connectivity index (χ0n) is 31.6. The molecule has 0 radical (unpaired) electrons. The SMILES string of the molecule is COc1cc2nc3c(cc2c(OC)c1OC)CN(S(=O)(=O)N(C)C)CCCCN(C(=O)Cc1cn(C)c2ccccc12)CC(=O)NCC1CCCN3C1. The maximum atomic E-state index is 13.9. The second kappa shape index (κ2) is 16.2. The van der Waals surface area contributed by atoms with Crippen LogP contribution in [0.15, 0.2) is 42.6 Å². The van der Waals surface area contributed by atoms with Gasteiger partial charge in [0.15, 0.2) is 11.5 Å². The summed E-state index contributed by atoms with van der Waals surface area (Å²) in [6.07, 6.45) is 4.86. The number of hydrogen-bond donors (Lipinski definition) is 1. The lowest BCUT2D eigenvalue weighted by molar-refractivity contribution is -0.135. The molecule has 1 saturated heterocycles. The summed E-state index contributed by atoms with van der Waals surface area (Å²) < 4.78 is 49.6. The summed E-state index contributed by atoms with van der Waals surface area (Å²) in [6, 6.07) is 11.7. The number of carbonyl (C=O) groups is 2. The summed E-state index contributed by atoms with van der Waals surface area (Å²) in [4.78, 5) is 36.2. The standard InChI is InChI=1S/C38H51N7O7S/c1-41(2)53(48,49)45-17-10-9-15-43(35(47)19-27-23-42(3)32-14-8-7-13-29(27)32)25-34(46)39-21-26-12-11-16-44(22-26)38-28(24-45)18-30-31(40-38)20-33(50-4)37(52-6)36(30)51-5/h7-8,13-14,18,20,23,26H,9-12,15-17,19,21-22,24-25H2,1-6H3,(H,39,46). The minimum absolute atomic E-state index is 0.0662. The first-order valence-corrected chi connectivity index (χ1v) is 19.5. The molecule has 2 aromatic carbocycles. The average molecular weight is 750 g/mol. The molecule has 0 aliphatic carbocycles. The normalized spacial score (nSPS) is 18.2. The van der Waals surface area contributed by atoms with E-state index in [0.29, 0.717) is 66.4 Å². The molecule has 2 aromatic heterocycles. The van der Waals surface area contributed by atoms with Crippen LogP contribution in [0.1, 0.15) is 36.8 Å². The summed E-state index contributed by atoms with van der Waals surface area (Å²) >= 11 is 0. The monoisotopic (exact) mass is 749 g/mol. The van der Waals surface area contributed by atoms with Crippen molar-refractivity contribution in [3.05, 3.63) is 53.7 Å². The fourth-order valence-corrected chi connectivity index (χ4v) is 8.67. The van der Waals surface area contributed by atoms with E-state index in [0.717, 1.165) is 41.4 Å². The number of nitrogens with zero attached hydrogens (tertiary/aromatic N) is 6. The fourth-order valence-electron chi connectivity index (χ4n) is 7.54. The molecule has 286 valence electrons. The number of aromatic nitrogens is 2. The van der Waals surface area contributed by atoms with Crippen LogP contribution in [0.25, 0.3) is 21.8 Å². The number of para-hydroxylation sites is 1. The first kappa shape index (κ1) is 38.1. The van der Waals surface area contributed by atoms with E-state index in [2.05, 4.69) is 10.2 Å². The van der Waals surface area contributed by atoms with Crippen molar-refractivity contribution in [3.63, 3.8) is 0 Å². The van der Waals surface area contributed by atoms with Crippen molar-refractivity contribution in [2.75, 3.05) is 79.6 Å². The highest BCUT2D eigenvalue weighted by molar-refractivity contribution is 7.86. The molecule has 4 heterocycles. The van der Waals surface area contributed by atoms with Crippen LogP contribution >= 0.6 is 0 Å². The zero-order valence-corrected chi connectivity index (χ0v) is 32.4. The quantitative estimate of drug-likeness (QED) is 0.301. The molecular weight excluding hydrogens is 699 g/mol. The van der Waals surface area contributed by atoms with Gasteiger partial charge in [0.1, 0.15) is 5.82 Å². The van der Waals surface area contributed by atoms with E-state index < -0.39 is 10.2 Å². The van der Waals surface area contributed by atoms with E-state index >= 15 is 0 Å². The number of hydrogen-bond acceptors (Lipinski definition) is 9. The molecule has 15 heteroatoms. The second-order valence-corrected chi connectivity index (χ2v) is 16.2. The molecular formula is C38H51N7O7S. The van der Waals surface area contributed by atoms with Crippen LogP contribution in [-0.2, 0) is 39.8 Å². The van der Waals surface area contributed by atoms with Gasteiger partial charge < -0.3 is 33.9 Å². The zero-order chi connectivity index (χ0) is 37.9. The summed E-state index contributed by atoms with van der Waals surface area (Å²) in [5.41, 5.74) is 3.28.